The molecule has 28 heavy (non-hydrogen) atoms. The van der Waals surface area contributed by atoms with Crippen molar-refractivity contribution in [1.29, 1.82) is 0 Å². The Hall–Kier alpha value is -0.890. The van der Waals surface area contributed by atoms with Gasteiger partial charge < -0.3 is 15.1 Å². The van der Waals surface area contributed by atoms with E-state index in [9.17, 15) is 4.39 Å². The number of nitrogens with one attached hydrogen (secondary N) is 1. The van der Waals surface area contributed by atoms with Gasteiger partial charge in [0, 0.05) is 38.6 Å². The normalized spacial score (nSPS) is 21.5. The van der Waals surface area contributed by atoms with Crippen LogP contribution in [0.15, 0.2) is 29.3 Å². The van der Waals surface area contributed by atoms with Crippen LogP contribution >= 0.6 is 24.0 Å². The number of guanidine groups is 1. The van der Waals surface area contributed by atoms with Crippen LogP contribution in [-0.2, 0) is 5.41 Å². The van der Waals surface area contributed by atoms with E-state index in [2.05, 4.69) is 34.0 Å². The Morgan fingerprint density at radius 3 is 2.64 bits per heavy atom. The Balaban J connectivity index is 0.00000280. The van der Waals surface area contributed by atoms with Gasteiger partial charge in [-0.3, -0.25) is 4.99 Å². The molecule has 0 amide bonds. The first kappa shape index (κ1) is 23.4. The van der Waals surface area contributed by atoms with Crippen LogP contribution in [-0.4, -0.2) is 62.1 Å². The van der Waals surface area contributed by atoms with Gasteiger partial charge in [0.15, 0.2) is 5.96 Å². The van der Waals surface area contributed by atoms with Crippen molar-refractivity contribution in [3.63, 3.8) is 0 Å². The van der Waals surface area contributed by atoms with E-state index in [1.165, 1.54) is 51.4 Å². The van der Waals surface area contributed by atoms with Crippen LogP contribution in [0.1, 0.15) is 45.1 Å². The van der Waals surface area contributed by atoms with Crippen molar-refractivity contribution in [2.45, 2.75) is 44.9 Å². The third kappa shape index (κ3) is 6.31. The third-order valence-electron chi connectivity index (χ3n) is 6.06. The number of nitrogens with zero attached hydrogens (tertiary/aromatic N) is 3. The van der Waals surface area contributed by atoms with E-state index in [0.29, 0.717) is 0 Å². The highest BCUT2D eigenvalue weighted by atomic mass is 127. The Bertz CT molecular complexity index is 643. The number of likely N-dealkylation sites (tertiary alicyclic amines) is 2. The lowest BCUT2D eigenvalue weighted by Crippen LogP contribution is -2.45. The average molecular weight is 502 g/mol. The zero-order chi connectivity index (χ0) is 19.3. The first-order valence-electron chi connectivity index (χ1n) is 10.4. The number of hydrogen-bond acceptors (Lipinski definition) is 2. The minimum Gasteiger partial charge on any atom is -0.355 e. The molecule has 0 bridgehead atoms. The summed E-state index contributed by atoms with van der Waals surface area (Å²) in [6.07, 6.45) is 5.35. The fourth-order valence-corrected chi connectivity index (χ4v) is 4.32. The monoisotopic (exact) mass is 502 g/mol. The smallest absolute Gasteiger partial charge is 0.193 e. The van der Waals surface area contributed by atoms with Crippen LogP contribution in [0, 0.1) is 11.7 Å². The van der Waals surface area contributed by atoms with Crippen molar-refractivity contribution >= 4 is 29.9 Å². The second-order valence-electron chi connectivity index (χ2n) is 8.76. The second kappa shape index (κ2) is 10.8. The maximum Gasteiger partial charge on any atom is 0.193 e. The number of halogens is 2. The summed E-state index contributed by atoms with van der Waals surface area (Å²) < 4.78 is 13.6. The Labute approximate surface area is 187 Å². The predicted molar refractivity (Wildman–Crippen MR) is 126 cm³/mol. The molecule has 1 N–H and O–H groups in total. The Kier molecular flexibility index (Phi) is 8.99. The first-order chi connectivity index (χ1) is 13.0. The Morgan fingerprint density at radius 2 is 1.96 bits per heavy atom. The molecule has 1 aromatic carbocycles. The van der Waals surface area contributed by atoms with Gasteiger partial charge >= 0.3 is 0 Å². The van der Waals surface area contributed by atoms with Crippen molar-refractivity contribution in [3.8, 4) is 0 Å². The van der Waals surface area contributed by atoms with Crippen LogP contribution < -0.4 is 5.32 Å². The molecular formula is C22H36FIN4. The summed E-state index contributed by atoms with van der Waals surface area (Å²) in [5, 5.41) is 3.53. The quantitative estimate of drug-likeness (QED) is 0.374. The van der Waals surface area contributed by atoms with E-state index in [0.717, 1.165) is 37.1 Å². The van der Waals surface area contributed by atoms with Gasteiger partial charge in [0.05, 0.1) is 0 Å². The molecule has 1 atom stereocenters. The van der Waals surface area contributed by atoms with Gasteiger partial charge in [-0.2, -0.15) is 0 Å². The van der Waals surface area contributed by atoms with Crippen LogP contribution in [0.5, 0.6) is 0 Å². The van der Waals surface area contributed by atoms with Gasteiger partial charge in [0.1, 0.15) is 5.82 Å². The SMILES string of the molecule is CN=C(NCC(C)(C)c1cccc(F)c1)N1CCC(CN2CCCCC2)C1.I. The van der Waals surface area contributed by atoms with E-state index < -0.39 is 0 Å². The maximum absolute atomic E-state index is 13.6. The molecule has 2 aliphatic heterocycles. The highest BCUT2D eigenvalue weighted by molar-refractivity contribution is 14.0. The van der Waals surface area contributed by atoms with Gasteiger partial charge in [-0.05, 0) is 56.0 Å². The predicted octanol–water partition coefficient (Wildman–Crippen LogP) is 4.10. The molecule has 6 heteroatoms. The minimum absolute atomic E-state index is 0. The van der Waals surface area contributed by atoms with Crippen molar-refractivity contribution in [2.75, 3.05) is 46.3 Å². The molecule has 4 nitrogen and oxygen atoms in total. The van der Waals surface area contributed by atoms with Crippen molar-refractivity contribution in [1.82, 2.24) is 15.1 Å². The molecule has 0 aliphatic carbocycles. The van der Waals surface area contributed by atoms with Gasteiger partial charge in [-0.25, -0.2) is 4.39 Å². The molecular weight excluding hydrogens is 466 g/mol. The molecule has 2 heterocycles. The number of piperidine rings is 1. The second-order valence-corrected chi connectivity index (χ2v) is 8.76. The number of hydrogen-bond donors (Lipinski definition) is 1. The van der Waals surface area contributed by atoms with Crippen molar-refractivity contribution in [2.24, 2.45) is 10.9 Å². The van der Waals surface area contributed by atoms with Crippen LogP contribution in [0.4, 0.5) is 4.39 Å². The summed E-state index contributed by atoms with van der Waals surface area (Å²) >= 11 is 0. The van der Waals surface area contributed by atoms with Gasteiger partial charge in [-0.1, -0.05) is 32.4 Å². The van der Waals surface area contributed by atoms with E-state index >= 15 is 0 Å². The Morgan fingerprint density at radius 1 is 1.21 bits per heavy atom. The standard InChI is InChI=1S/C22H35FN4.HI/c1-22(2,19-8-7-9-20(23)14-19)17-25-21(24-3)27-13-10-18(16-27)15-26-11-5-4-6-12-26;/h7-9,14,18H,4-6,10-13,15-17H2,1-3H3,(H,24,25);1H. The summed E-state index contributed by atoms with van der Waals surface area (Å²) in [5.41, 5.74) is 0.847. The summed E-state index contributed by atoms with van der Waals surface area (Å²) in [6, 6.07) is 6.92. The maximum atomic E-state index is 13.6. The number of rotatable bonds is 5. The lowest BCUT2D eigenvalue weighted by molar-refractivity contribution is 0.198. The molecule has 0 aromatic heterocycles. The fourth-order valence-electron chi connectivity index (χ4n) is 4.32. The number of aliphatic imine (C=N–C) groups is 1. The topological polar surface area (TPSA) is 30.9 Å². The zero-order valence-corrected chi connectivity index (χ0v) is 19.9. The molecule has 158 valence electrons. The average Bonchev–Trinajstić information content (AvgIpc) is 3.11. The summed E-state index contributed by atoms with van der Waals surface area (Å²) in [4.78, 5) is 9.53. The lowest BCUT2D eigenvalue weighted by atomic mass is 9.84. The van der Waals surface area contributed by atoms with Crippen LogP contribution in [0.25, 0.3) is 0 Å². The van der Waals surface area contributed by atoms with Crippen LogP contribution in [0.2, 0.25) is 0 Å². The van der Waals surface area contributed by atoms with E-state index in [-0.39, 0.29) is 35.2 Å². The van der Waals surface area contributed by atoms with E-state index in [4.69, 9.17) is 0 Å². The minimum atomic E-state index is -0.176. The zero-order valence-electron chi connectivity index (χ0n) is 17.6. The molecule has 1 unspecified atom stereocenters. The molecule has 2 fully saturated rings. The molecule has 3 rings (SSSR count). The molecule has 0 saturated carbocycles. The number of benzene rings is 1. The summed E-state index contributed by atoms with van der Waals surface area (Å²) in [7, 11) is 1.86. The van der Waals surface area contributed by atoms with E-state index in [1.54, 1.807) is 12.1 Å². The third-order valence-corrected chi connectivity index (χ3v) is 6.06. The molecule has 2 saturated heterocycles. The molecule has 0 radical (unpaired) electrons. The van der Waals surface area contributed by atoms with Gasteiger partial charge in [0.2, 0.25) is 0 Å². The van der Waals surface area contributed by atoms with Crippen molar-refractivity contribution in [3.05, 3.63) is 35.6 Å². The highest BCUT2D eigenvalue weighted by Crippen LogP contribution is 2.24. The van der Waals surface area contributed by atoms with Gasteiger partial charge in [0.25, 0.3) is 0 Å². The lowest BCUT2D eigenvalue weighted by Gasteiger charge is -2.30. The van der Waals surface area contributed by atoms with Crippen LogP contribution in [0.3, 0.4) is 0 Å². The summed E-state index contributed by atoms with van der Waals surface area (Å²) in [6.45, 7) is 10.9. The first-order valence-corrected chi connectivity index (χ1v) is 10.4. The molecule has 0 spiro atoms. The molecule has 1 aromatic rings. The largest absolute Gasteiger partial charge is 0.355 e. The summed E-state index contributed by atoms with van der Waals surface area (Å²) in [5.74, 6) is 1.53. The van der Waals surface area contributed by atoms with Crippen molar-refractivity contribution < 1.29 is 4.39 Å². The molecule has 2 aliphatic rings. The van der Waals surface area contributed by atoms with Gasteiger partial charge in [-0.15, -0.1) is 24.0 Å². The fraction of sp³-hybridized carbons (Fsp3) is 0.682. The van der Waals surface area contributed by atoms with E-state index in [1.807, 2.05) is 13.1 Å². The highest BCUT2D eigenvalue weighted by Gasteiger charge is 2.28.